The van der Waals surface area contributed by atoms with Gasteiger partial charge < -0.3 is 14.8 Å². The Bertz CT molecular complexity index is 1650. The van der Waals surface area contributed by atoms with E-state index < -0.39 is 0 Å². The fourth-order valence-electron chi connectivity index (χ4n) is 5.36. The van der Waals surface area contributed by atoms with Crippen LogP contribution in [-0.2, 0) is 13.0 Å². The molecule has 7 heteroatoms. The number of rotatable bonds is 4. The van der Waals surface area contributed by atoms with Crippen molar-refractivity contribution < 1.29 is 4.79 Å². The minimum atomic E-state index is -0.318. The van der Waals surface area contributed by atoms with E-state index in [1.165, 1.54) is 5.56 Å². The maximum atomic E-state index is 14.2. The fourth-order valence-corrected chi connectivity index (χ4v) is 5.54. The number of carbonyl (C=O) groups is 1. The summed E-state index contributed by atoms with van der Waals surface area (Å²) < 4.78 is 4.20. The third-order valence-electron chi connectivity index (χ3n) is 7.40. The van der Waals surface area contributed by atoms with E-state index in [4.69, 9.17) is 16.7 Å². The summed E-state index contributed by atoms with van der Waals surface area (Å²) in [5.74, 6) is 0.962. The number of nitrogens with one attached hydrogen (secondary N) is 1. The van der Waals surface area contributed by atoms with Crippen molar-refractivity contribution in [3.8, 4) is 11.5 Å². The molecule has 3 aromatic carbocycles. The molecule has 1 atom stereocenters. The zero-order valence-corrected chi connectivity index (χ0v) is 23.0. The van der Waals surface area contributed by atoms with Gasteiger partial charge in [-0.25, -0.2) is 9.48 Å². The number of hydrogen-bond acceptors (Lipinski definition) is 2. The van der Waals surface area contributed by atoms with E-state index in [0.29, 0.717) is 17.3 Å². The smallest absolute Gasteiger partial charge is 0.307 e. The molecule has 0 saturated carbocycles. The topological polar surface area (TPSA) is 55.1 Å². The standard InChI is InChI=1S/C32H30ClN5O/c1-4-27-26-20-37(32(39)34-28-19-24(33)17-14-22(28)3)30(23-15-12-21(2)13-16-23)29-11-8-18-36(29)31(26)38(35-27)25-9-6-5-7-10-25/h5-19,30H,4,20H2,1-3H3,(H,34,39)/t30-/m1/s1. The Kier molecular flexibility index (Phi) is 6.49. The van der Waals surface area contributed by atoms with Crippen molar-refractivity contribution in [2.24, 2.45) is 0 Å². The van der Waals surface area contributed by atoms with E-state index in [1.54, 1.807) is 6.07 Å². The molecule has 39 heavy (non-hydrogen) atoms. The summed E-state index contributed by atoms with van der Waals surface area (Å²) in [6.07, 6.45) is 2.81. The van der Waals surface area contributed by atoms with Crippen LogP contribution in [0.2, 0.25) is 5.02 Å². The number of fused-ring (bicyclic) bond motifs is 3. The van der Waals surface area contributed by atoms with Gasteiger partial charge in [-0.05, 0) is 67.8 Å². The molecule has 6 rings (SSSR count). The van der Waals surface area contributed by atoms with Gasteiger partial charge in [0.05, 0.1) is 29.7 Å². The minimum Gasteiger partial charge on any atom is -0.307 e. The predicted octanol–water partition coefficient (Wildman–Crippen LogP) is 7.63. The van der Waals surface area contributed by atoms with Crippen LogP contribution in [0.25, 0.3) is 11.5 Å². The molecule has 1 N–H and O–H groups in total. The molecular weight excluding hydrogens is 506 g/mol. The van der Waals surface area contributed by atoms with E-state index >= 15 is 0 Å². The molecule has 2 aromatic heterocycles. The number of nitrogens with zero attached hydrogens (tertiary/aromatic N) is 4. The third kappa shape index (κ3) is 4.51. The molecule has 0 bridgehead atoms. The van der Waals surface area contributed by atoms with Crippen LogP contribution >= 0.6 is 11.6 Å². The first-order chi connectivity index (χ1) is 18.9. The predicted molar refractivity (Wildman–Crippen MR) is 156 cm³/mol. The van der Waals surface area contributed by atoms with Gasteiger partial charge in [-0.1, -0.05) is 72.6 Å². The summed E-state index contributed by atoms with van der Waals surface area (Å²) in [5, 5.41) is 8.77. The highest BCUT2D eigenvalue weighted by Gasteiger charge is 2.36. The van der Waals surface area contributed by atoms with Gasteiger partial charge >= 0.3 is 6.03 Å². The van der Waals surface area contributed by atoms with Crippen LogP contribution in [0, 0.1) is 13.8 Å². The third-order valence-corrected chi connectivity index (χ3v) is 7.63. The van der Waals surface area contributed by atoms with Gasteiger partial charge in [0.1, 0.15) is 5.82 Å². The first-order valence-corrected chi connectivity index (χ1v) is 13.6. The number of hydrogen-bond donors (Lipinski definition) is 1. The van der Waals surface area contributed by atoms with Crippen LogP contribution in [0.3, 0.4) is 0 Å². The van der Waals surface area contributed by atoms with Crippen LogP contribution in [0.5, 0.6) is 0 Å². The molecule has 5 aromatic rings. The lowest BCUT2D eigenvalue weighted by Crippen LogP contribution is -2.38. The summed E-state index contributed by atoms with van der Waals surface area (Å²) in [6, 6.07) is 27.8. The van der Waals surface area contributed by atoms with Crippen LogP contribution in [0.15, 0.2) is 91.1 Å². The molecule has 0 aliphatic carbocycles. The molecule has 6 nitrogen and oxygen atoms in total. The Labute approximate surface area is 233 Å². The molecular formula is C32H30ClN5O. The number of anilines is 1. The molecule has 0 radical (unpaired) electrons. The average Bonchev–Trinajstić information content (AvgIpc) is 3.53. The summed E-state index contributed by atoms with van der Waals surface area (Å²) in [4.78, 5) is 16.1. The first kappa shape index (κ1) is 25.0. The van der Waals surface area contributed by atoms with Crippen LogP contribution in [0.4, 0.5) is 10.5 Å². The van der Waals surface area contributed by atoms with E-state index in [0.717, 1.165) is 46.0 Å². The van der Waals surface area contributed by atoms with Crippen molar-refractivity contribution in [2.75, 3.05) is 5.32 Å². The summed E-state index contributed by atoms with van der Waals surface area (Å²) in [7, 11) is 0. The molecule has 0 spiro atoms. The van der Waals surface area contributed by atoms with Gasteiger partial charge in [0, 0.05) is 22.5 Å². The quantitative estimate of drug-likeness (QED) is 0.257. The molecule has 0 fully saturated rings. The molecule has 1 aliphatic rings. The number of aromatic nitrogens is 3. The second kappa shape index (κ2) is 10.1. The van der Waals surface area contributed by atoms with Crippen molar-refractivity contribution in [1.82, 2.24) is 19.2 Å². The van der Waals surface area contributed by atoms with Gasteiger partial charge in [-0.3, -0.25) is 0 Å². The Morgan fingerprint density at radius 3 is 2.51 bits per heavy atom. The second-order valence-electron chi connectivity index (χ2n) is 9.98. The van der Waals surface area contributed by atoms with E-state index in [1.807, 2.05) is 52.9 Å². The number of urea groups is 1. The number of amides is 2. The number of carbonyl (C=O) groups excluding carboxylic acids is 1. The zero-order chi connectivity index (χ0) is 27.1. The highest BCUT2D eigenvalue weighted by Crippen LogP contribution is 2.39. The largest absolute Gasteiger partial charge is 0.322 e. The lowest BCUT2D eigenvalue weighted by molar-refractivity contribution is 0.194. The lowest BCUT2D eigenvalue weighted by Gasteiger charge is -2.31. The van der Waals surface area contributed by atoms with E-state index in [-0.39, 0.29) is 12.1 Å². The molecule has 0 unspecified atom stereocenters. The van der Waals surface area contributed by atoms with Gasteiger partial charge in [-0.2, -0.15) is 5.10 Å². The summed E-state index contributed by atoms with van der Waals surface area (Å²) in [5.41, 5.74) is 7.84. The van der Waals surface area contributed by atoms with Crippen molar-refractivity contribution in [2.45, 2.75) is 39.8 Å². The maximum Gasteiger partial charge on any atom is 0.322 e. The second-order valence-corrected chi connectivity index (χ2v) is 10.4. The van der Waals surface area contributed by atoms with Gasteiger partial charge in [-0.15, -0.1) is 0 Å². The fraction of sp³-hybridized carbons (Fsp3) is 0.188. The molecule has 0 saturated heterocycles. The van der Waals surface area contributed by atoms with Crippen molar-refractivity contribution in [3.05, 3.63) is 130 Å². The monoisotopic (exact) mass is 535 g/mol. The SMILES string of the molecule is CCc1nn(-c2ccccc2)c2c1CN(C(=O)Nc1cc(Cl)ccc1C)[C@H](c1ccc(C)cc1)c1cccn1-2. The molecule has 196 valence electrons. The average molecular weight is 536 g/mol. The van der Waals surface area contributed by atoms with Gasteiger partial charge in [0.2, 0.25) is 0 Å². The van der Waals surface area contributed by atoms with Crippen LogP contribution < -0.4 is 5.32 Å². The highest BCUT2D eigenvalue weighted by atomic mass is 35.5. The first-order valence-electron chi connectivity index (χ1n) is 13.2. The molecule has 1 aliphatic heterocycles. The van der Waals surface area contributed by atoms with Crippen molar-refractivity contribution >= 4 is 23.3 Å². The van der Waals surface area contributed by atoms with Crippen molar-refractivity contribution in [3.63, 3.8) is 0 Å². The van der Waals surface area contributed by atoms with E-state index in [2.05, 4.69) is 72.4 Å². The number of benzene rings is 3. The molecule has 3 heterocycles. The normalized spacial score (nSPS) is 14.5. The number of halogens is 1. The summed E-state index contributed by atoms with van der Waals surface area (Å²) >= 11 is 6.29. The Morgan fingerprint density at radius 2 is 1.77 bits per heavy atom. The number of aryl methyl sites for hydroxylation is 3. The Balaban J connectivity index is 1.55. The molecule has 2 amide bonds. The Morgan fingerprint density at radius 1 is 1.00 bits per heavy atom. The lowest BCUT2D eigenvalue weighted by atomic mass is 10.0. The highest BCUT2D eigenvalue weighted by molar-refractivity contribution is 6.31. The zero-order valence-electron chi connectivity index (χ0n) is 22.2. The maximum absolute atomic E-state index is 14.2. The Hall–Kier alpha value is -4.29. The van der Waals surface area contributed by atoms with Crippen LogP contribution in [-0.4, -0.2) is 25.3 Å². The van der Waals surface area contributed by atoms with Gasteiger partial charge in [0.15, 0.2) is 0 Å². The summed E-state index contributed by atoms with van der Waals surface area (Å²) in [6.45, 7) is 6.55. The van der Waals surface area contributed by atoms with Gasteiger partial charge in [0.25, 0.3) is 0 Å². The van der Waals surface area contributed by atoms with Crippen LogP contribution in [0.1, 0.15) is 46.6 Å². The van der Waals surface area contributed by atoms with Crippen molar-refractivity contribution in [1.29, 1.82) is 0 Å². The number of para-hydroxylation sites is 1. The van der Waals surface area contributed by atoms with E-state index in [9.17, 15) is 4.79 Å². The minimum absolute atomic E-state index is 0.193.